The SMILES string of the molecule is CC1=C2C(=O)C=C(CO[C@]3(CO)O[C@H](CO)[C@@H](O)[C@@H]3O)[C@@H]2[C@H]2OC(=O)[C@@H](C)[C@@H]2[C@@H](O)C1. The number of fused-ring (bicyclic) bond motifs is 3. The first-order valence-corrected chi connectivity index (χ1v) is 10.4. The molecular weight excluding hydrogens is 412 g/mol. The fourth-order valence-electron chi connectivity index (χ4n) is 5.33. The van der Waals surface area contributed by atoms with Crippen LogP contribution in [0.15, 0.2) is 22.8 Å². The molecule has 0 saturated carbocycles. The van der Waals surface area contributed by atoms with Crippen LogP contribution in [0.25, 0.3) is 0 Å². The number of aliphatic hydroxyl groups is 5. The van der Waals surface area contributed by atoms with Gasteiger partial charge in [0.2, 0.25) is 5.79 Å². The van der Waals surface area contributed by atoms with Crippen molar-refractivity contribution in [2.24, 2.45) is 17.8 Å². The monoisotopic (exact) mass is 440 g/mol. The number of carbonyl (C=O) groups is 2. The minimum atomic E-state index is -1.98. The van der Waals surface area contributed by atoms with Crippen LogP contribution >= 0.6 is 0 Å². The molecular formula is C21H28O10. The second kappa shape index (κ2) is 8.04. The van der Waals surface area contributed by atoms with Crippen LogP contribution in [0.5, 0.6) is 0 Å². The molecule has 0 amide bonds. The van der Waals surface area contributed by atoms with Crippen LogP contribution in [0.3, 0.4) is 0 Å². The van der Waals surface area contributed by atoms with Gasteiger partial charge in [-0.3, -0.25) is 9.59 Å². The lowest BCUT2D eigenvalue weighted by Gasteiger charge is -2.32. The number of hydrogen-bond acceptors (Lipinski definition) is 10. The molecule has 0 spiro atoms. The van der Waals surface area contributed by atoms with E-state index in [0.29, 0.717) is 16.7 Å². The fourth-order valence-corrected chi connectivity index (χ4v) is 5.33. The molecule has 0 unspecified atom stereocenters. The number of ether oxygens (including phenoxy) is 3. The van der Waals surface area contributed by atoms with Crippen molar-refractivity contribution >= 4 is 11.8 Å². The van der Waals surface area contributed by atoms with Gasteiger partial charge in [-0.25, -0.2) is 0 Å². The Morgan fingerprint density at radius 1 is 1.23 bits per heavy atom. The van der Waals surface area contributed by atoms with Crippen molar-refractivity contribution in [3.05, 3.63) is 22.8 Å². The average Bonchev–Trinajstić information content (AvgIpc) is 3.28. The molecule has 0 radical (unpaired) electrons. The van der Waals surface area contributed by atoms with E-state index in [0.717, 1.165) is 0 Å². The molecule has 31 heavy (non-hydrogen) atoms. The number of esters is 1. The van der Waals surface area contributed by atoms with Gasteiger partial charge in [-0.05, 0) is 25.0 Å². The quantitative estimate of drug-likeness (QED) is 0.308. The van der Waals surface area contributed by atoms with Crippen molar-refractivity contribution in [3.63, 3.8) is 0 Å². The molecule has 0 aromatic carbocycles. The van der Waals surface area contributed by atoms with Crippen molar-refractivity contribution in [1.29, 1.82) is 0 Å². The van der Waals surface area contributed by atoms with Crippen LogP contribution in [0, 0.1) is 17.8 Å². The van der Waals surface area contributed by atoms with Crippen LogP contribution < -0.4 is 0 Å². The van der Waals surface area contributed by atoms with Crippen molar-refractivity contribution in [3.8, 4) is 0 Å². The van der Waals surface area contributed by atoms with Gasteiger partial charge >= 0.3 is 5.97 Å². The molecule has 5 N–H and O–H groups in total. The summed E-state index contributed by atoms with van der Waals surface area (Å²) in [6.45, 7) is 1.80. The summed E-state index contributed by atoms with van der Waals surface area (Å²) in [4.78, 5) is 25.0. The molecule has 0 aromatic rings. The molecule has 0 aromatic heterocycles. The number of hydrogen-bond donors (Lipinski definition) is 5. The van der Waals surface area contributed by atoms with Gasteiger partial charge in [0.25, 0.3) is 0 Å². The normalized spacial score (nSPS) is 44.8. The third-order valence-electron chi connectivity index (χ3n) is 7.01. The Kier molecular flexibility index (Phi) is 5.84. The van der Waals surface area contributed by atoms with Gasteiger partial charge in [-0.1, -0.05) is 12.5 Å². The van der Waals surface area contributed by atoms with Crippen LogP contribution in [-0.2, 0) is 23.8 Å². The van der Waals surface area contributed by atoms with Crippen molar-refractivity contribution in [1.82, 2.24) is 0 Å². The summed E-state index contributed by atoms with van der Waals surface area (Å²) in [5, 5.41) is 50.2. The number of carbonyl (C=O) groups excluding carboxylic acids is 2. The van der Waals surface area contributed by atoms with Gasteiger partial charge in [-0.2, -0.15) is 0 Å². The van der Waals surface area contributed by atoms with E-state index in [1.807, 2.05) is 0 Å². The van der Waals surface area contributed by atoms with Crippen LogP contribution in [-0.4, -0.2) is 93.4 Å². The van der Waals surface area contributed by atoms with E-state index >= 15 is 0 Å². The maximum absolute atomic E-state index is 12.8. The zero-order valence-electron chi connectivity index (χ0n) is 17.3. The molecule has 10 heteroatoms. The second-order valence-corrected chi connectivity index (χ2v) is 8.83. The lowest BCUT2D eigenvalue weighted by Crippen LogP contribution is -2.49. The number of rotatable bonds is 5. The van der Waals surface area contributed by atoms with Crippen LogP contribution in [0.2, 0.25) is 0 Å². The predicted octanol–water partition coefficient (Wildman–Crippen LogP) is -1.81. The Morgan fingerprint density at radius 2 is 1.94 bits per heavy atom. The van der Waals surface area contributed by atoms with Gasteiger partial charge < -0.3 is 39.7 Å². The smallest absolute Gasteiger partial charge is 0.309 e. The van der Waals surface area contributed by atoms with E-state index in [1.165, 1.54) is 6.08 Å². The van der Waals surface area contributed by atoms with Gasteiger partial charge in [0.15, 0.2) is 5.78 Å². The first-order valence-electron chi connectivity index (χ1n) is 10.4. The lowest BCUT2D eigenvalue weighted by molar-refractivity contribution is -0.272. The van der Waals surface area contributed by atoms with Gasteiger partial charge in [0.05, 0.1) is 25.2 Å². The summed E-state index contributed by atoms with van der Waals surface area (Å²) in [6, 6.07) is 0. The number of aliphatic hydroxyl groups excluding tert-OH is 5. The highest BCUT2D eigenvalue weighted by Gasteiger charge is 2.57. The Morgan fingerprint density at radius 3 is 2.55 bits per heavy atom. The molecule has 2 fully saturated rings. The van der Waals surface area contributed by atoms with E-state index in [4.69, 9.17) is 14.2 Å². The summed E-state index contributed by atoms with van der Waals surface area (Å²) in [7, 11) is 0. The molecule has 9 atom stereocenters. The molecule has 172 valence electrons. The molecule has 4 rings (SSSR count). The molecule has 2 aliphatic carbocycles. The Bertz CT molecular complexity index is 834. The highest BCUT2D eigenvalue weighted by molar-refractivity contribution is 6.09. The Labute approximate surface area is 178 Å². The summed E-state index contributed by atoms with van der Waals surface area (Å²) in [6.07, 6.45) is -4.21. The summed E-state index contributed by atoms with van der Waals surface area (Å²) >= 11 is 0. The van der Waals surface area contributed by atoms with Crippen LogP contribution in [0.1, 0.15) is 20.3 Å². The second-order valence-electron chi connectivity index (χ2n) is 8.83. The molecule has 2 heterocycles. The van der Waals surface area contributed by atoms with Crippen molar-refractivity contribution in [2.75, 3.05) is 19.8 Å². The first kappa shape index (κ1) is 22.5. The zero-order chi connectivity index (χ0) is 22.7. The lowest BCUT2D eigenvalue weighted by atomic mass is 9.79. The summed E-state index contributed by atoms with van der Waals surface area (Å²) < 4.78 is 16.7. The fraction of sp³-hybridized carbons (Fsp3) is 0.714. The van der Waals surface area contributed by atoms with Crippen LogP contribution in [0.4, 0.5) is 0 Å². The summed E-state index contributed by atoms with van der Waals surface area (Å²) in [5.41, 5.74) is 1.61. The summed E-state index contributed by atoms with van der Waals surface area (Å²) in [5.74, 6) is -4.36. The molecule has 0 bridgehead atoms. The third kappa shape index (κ3) is 3.37. The minimum absolute atomic E-state index is 0.245. The van der Waals surface area contributed by atoms with E-state index in [2.05, 4.69) is 0 Å². The van der Waals surface area contributed by atoms with E-state index < -0.39 is 73.2 Å². The average molecular weight is 440 g/mol. The van der Waals surface area contributed by atoms with Gasteiger partial charge in [-0.15, -0.1) is 0 Å². The first-order chi connectivity index (χ1) is 14.6. The maximum atomic E-state index is 12.8. The van der Waals surface area contributed by atoms with Crippen molar-refractivity contribution < 1.29 is 49.3 Å². The molecule has 10 nitrogen and oxygen atoms in total. The van der Waals surface area contributed by atoms with Gasteiger partial charge in [0, 0.05) is 17.4 Å². The Balaban J connectivity index is 1.62. The predicted molar refractivity (Wildman–Crippen MR) is 102 cm³/mol. The van der Waals surface area contributed by atoms with E-state index in [-0.39, 0.29) is 18.8 Å². The number of allylic oxidation sites excluding steroid dienone is 1. The number of ketones is 1. The van der Waals surface area contributed by atoms with E-state index in [1.54, 1.807) is 13.8 Å². The molecule has 2 aliphatic heterocycles. The zero-order valence-corrected chi connectivity index (χ0v) is 17.3. The van der Waals surface area contributed by atoms with E-state index in [9.17, 15) is 35.1 Å². The molecule has 2 saturated heterocycles. The van der Waals surface area contributed by atoms with Crippen molar-refractivity contribution in [2.45, 2.75) is 56.6 Å². The highest BCUT2D eigenvalue weighted by atomic mass is 16.7. The maximum Gasteiger partial charge on any atom is 0.309 e. The topological polar surface area (TPSA) is 163 Å². The standard InChI is InChI=1S/C21H28O10/c1-8-3-11(24)15-9(2)20(28)30-18(15)16-10(4-12(25)14(8)16)6-29-21(7-23)19(27)17(26)13(5-22)31-21/h4,9,11,13,15-19,22-24,26-27H,3,5-7H2,1-2H3/t9-,11-,13+,15+,16-,17+,18-,19-,21+/m0/s1. The van der Waals surface area contributed by atoms with Gasteiger partial charge in [0.1, 0.15) is 31.0 Å². The minimum Gasteiger partial charge on any atom is -0.461 e. The largest absolute Gasteiger partial charge is 0.461 e. The molecule has 4 aliphatic rings. The highest BCUT2D eigenvalue weighted by Crippen LogP contribution is 2.48. The third-order valence-corrected chi connectivity index (χ3v) is 7.01. The Hall–Kier alpha value is -1.66.